The second kappa shape index (κ2) is 5.76. The van der Waals surface area contributed by atoms with Crippen LogP contribution in [0.2, 0.25) is 0 Å². The summed E-state index contributed by atoms with van der Waals surface area (Å²) in [4.78, 5) is 11.6. The summed E-state index contributed by atoms with van der Waals surface area (Å²) in [6, 6.07) is 6.44. The van der Waals surface area contributed by atoms with Crippen LogP contribution >= 0.6 is 0 Å². The summed E-state index contributed by atoms with van der Waals surface area (Å²) in [7, 11) is 0. The first-order valence-electron chi connectivity index (χ1n) is 5.05. The SMILES string of the molecule is CCOC(=O)c1ccc(O)cc1CCC#N. The summed E-state index contributed by atoms with van der Waals surface area (Å²) in [6.45, 7) is 2.03. The number of benzene rings is 1. The molecule has 0 aliphatic carbocycles. The molecule has 0 bridgehead atoms. The topological polar surface area (TPSA) is 70.3 Å². The van der Waals surface area contributed by atoms with Gasteiger partial charge in [-0.2, -0.15) is 5.26 Å². The van der Waals surface area contributed by atoms with Crippen LogP contribution < -0.4 is 0 Å². The van der Waals surface area contributed by atoms with Gasteiger partial charge in [0.05, 0.1) is 18.2 Å². The molecule has 0 unspecified atom stereocenters. The Kier molecular flexibility index (Phi) is 4.34. The van der Waals surface area contributed by atoms with Crippen LogP contribution in [0.15, 0.2) is 18.2 Å². The quantitative estimate of drug-likeness (QED) is 0.786. The van der Waals surface area contributed by atoms with Crippen LogP contribution in [0.4, 0.5) is 0 Å². The number of ether oxygens (including phenoxy) is 1. The number of phenolic OH excluding ortho intramolecular Hbond substituents is 1. The third-order valence-electron chi connectivity index (χ3n) is 2.09. The van der Waals surface area contributed by atoms with E-state index in [2.05, 4.69) is 0 Å². The summed E-state index contributed by atoms with van der Waals surface area (Å²) in [6.07, 6.45) is 0.731. The lowest BCUT2D eigenvalue weighted by atomic mass is 10.0. The molecule has 0 aliphatic rings. The molecular weight excluding hydrogens is 206 g/mol. The minimum Gasteiger partial charge on any atom is -0.508 e. The van der Waals surface area contributed by atoms with Gasteiger partial charge in [0.2, 0.25) is 0 Å². The number of hydrogen-bond acceptors (Lipinski definition) is 4. The van der Waals surface area contributed by atoms with Gasteiger partial charge in [0.15, 0.2) is 0 Å². The van der Waals surface area contributed by atoms with E-state index in [1.54, 1.807) is 6.92 Å². The average Bonchev–Trinajstić information content (AvgIpc) is 2.26. The Morgan fingerprint density at radius 3 is 2.94 bits per heavy atom. The van der Waals surface area contributed by atoms with Gasteiger partial charge >= 0.3 is 5.97 Å². The lowest BCUT2D eigenvalue weighted by Crippen LogP contribution is -2.08. The van der Waals surface area contributed by atoms with Gasteiger partial charge in [-0.05, 0) is 37.1 Å². The molecule has 1 rings (SSSR count). The van der Waals surface area contributed by atoms with E-state index < -0.39 is 5.97 Å². The molecule has 0 spiro atoms. The van der Waals surface area contributed by atoms with Crippen LogP contribution in [0.1, 0.15) is 29.3 Å². The van der Waals surface area contributed by atoms with Gasteiger partial charge in [0, 0.05) is 6.42 Å². The summed E-state index contributed by atoms with van der Waals surface area (Å²) in [5.74, 6) is -0.337. The molecule has 4 nitrogen and oxygen atoms in total. The molecule has 0 saturated carbocycles. The van der Waals surface area contributed by atoms with Crippen molar-refractivity contribution in [3.8, 4) is 11.8 Å². The fraction of sp³-hybridized carbons (Fsp3) is 0.333. The van der Waals surface area contributed by atoms with E-state index in [4.69, 9.17) is 10.00 Å². The van der Waals surface area contributed by atoms with E-state index in [0.29, 0.717) is 30.6 Å². The van der Waals surface area contributed by atoms with Crippen molar-refractivity contribution in [1.82, 2.24) is 0 Å². The standard InChI is InChI=1S/C12H13NO3/c1-2-16-12(15)11-6-5-10(14)8-9(11)4-3-7-13/h5-6,8,14H,2-4H2,1H3. The monoisotopic (exact) mass is 219 g/mol. The maximum Gasteiger partial charge on any atom is 0.338 e. The number of aryl methyl sites for hydroxylation is 1. The smallest absolute Gasteiger partial charge is 0.338 e. The lowest BCUT2D eigenvalue weighted by Gasteiger charge is -2.07. The molecule has 0 aromatic heterocycles. The van der Waals surface area contributed by atoms with Crippen molar-refractivity contribution in [2.45, 2.75) is 19.8 Å². The number of hydrogen-bond donors (Lipinski definition) is 1. The predicted octanol–water partition coefficient (Wildman–Crippen LogP) is 2.03. The van der Waals surface area contributed by atoms with Crippen molar-refractivity contribution in [2.75, 3.05) is 6.61 Å². The molecule has 0 fully saturated rings. The first-order valence-corrected chi connectivity index (χ1v) is 5.05. The van der Waals surface area contributed by atoms with E-state index >= 15 is 0 Å². The molecule has 1 N–H and O–H groups in total. The van der Waals surface area contributed by atoms with Crippen LogP contribution in [0.25, 0.3) is 0 Å². The second-order valence-corrected chi connectivity index (χ2v) is 3.22. The van der Waals surface area contributed by atoms with Crippen molar-refractivity contribution >= 4 is 5.97 Å². The zero-order valence-corrected chi connectivity index (χ0v) is 9.06. The highest BCUT2D eigenvalue weighted by molar-refractivity contribution is 5.91. The third kappa shape index (κ3) is 2.99. The van der Waals surface area contributed by atoms with Crippen LogP contribution in [0, 0.1) is 11.3 Å². The summed E-state index contributed by atoms with van der Waals surface area (Å²) in [5, 5.41) is 17.8. The Bertz CT molecular complexity index is 421. The molecule has 4 heteroatoms. The number of nitrogens with zero attached hydrogens (tertiary/aromatic N) is 1. The minimum absolute atomic E-state index is 0.0842. The van der Waals surface area contributed by atoms with Crippen molar-refractivity contribution in [2.24, 2.45) is 0 Å². The zero-order valence-electron chi connectivity index (χ0n) is 9.06. The average molecular weight is 219 g/mol. The number of carbonyl (C=O) groups is 1. The summed E-state index contributed by atoms with van der Waals surface area (Å²) >= 11 is 0. The Hall–Kier alpha value is -2.02. The minimum atomic E-state index is -0.421. The van der Waals surface area contributed by atoms with Gasteiger partial charge in [-0.15, -0.1) is 0 Å². The molecule has 0 aliphatic heterocycles. The summed E-state index contributed by atoms with van der Waals surface area (Å²) in [5.41, 5.74) is 1.05. The van der Waals surface area contributed by atoms with Crippen LogP contribution in [0.3, 0.4) is 0 Å². The first kappa shape index (κ1) is 12.1. The van der Waals surface area contributed by atoms with E-state index in [-0.39, 0.29) is 5.75 Å². The maximum absolute atomic E-state index is 11.6. The molecule has 0 atom stereocenters. The second-order valence-electron chi connectivity index (χ2n) is 3.22. The van der Waals surface area contributed by atoms with Crippen LogP contribution in [-0.4, -0.2) is 17.7 Å². The molecule has 0 heterocycles. The normalized spacial score (nSPS) is 9.50. The van der Waals surface area contributed by atoms with Crippen molar-refractivity contribution < 1.29 is 14.6 Å². The highest BCUT2D eigenvalue weighted by atomic mass is 16.5. The molecule has 16 heavy (non-hydrogen) atoms. The molecule has 84 valence electrons. The van der Waals surface area contributed by atoms with Crippen molar-refractivity contribution in [3.63, 3.8) is 0 Å². The van der Waals surface area contributed by atoms with Gasteiger partial charge in [-0.3, -0.25) is 0 Å². The largest absolute Gasteiger partial charge is 0.508 e. The fourth-order valence-electron chi connectivity index (χ4n) is 1.39. The van der Waals surface area contributed by atoms with Gasteiger partial charge in [0.1, 0.15) is 5.75 Å². The highest BCUT2D eigenvalue weighted by Crippen LogP contribution is 2.19. The van der Waals surface area contributed by atoms with Gasteiger partial charge in [0.25, 0.3) is 0 Å². The molecular formula is C12H13NO3. The van der Waals surface area contributed by atoms with Gasteiger partial charge in [-0.25, -0.2) is 4.79 Å². The summed E-state index contributed by atoms with van der Waals surface area (Å²) < 4.78 is 4.88. The molecule has 1 aromatic carbocycles. The Morgan fingerprint density at radius 2 is 2.31 bits per heavy atom. The van der Waals surface area contributed by atoms with Crippen molar-refractivity contribution in [3.05, 3.63) is 29.3 Å². The van der Waals surface area contributed by atoms with Gasteiger partial charge < -0.3 is 9.84 Å². The van der Waals surface area contributed by atoms with E-state index in [9.17, 15) is 9.90 Å². The predicted molar refractivity (Wildman–Crippen MR) is 58.0 cm³/mol. The Labute approximate surface area is 94.1 Å². The van der Waals surface area contributed by atoms with Gasteiger partial charge in [-0.1, -0.05) is 0 Å². The maximum atomic E-state index is 11.6. The van der Waals surface area contributed by atoms with Crippen molar-refractivity contribution in [1.29, 1.82) is 5.26 Å². The molecule has 0 amide bonds. The van der Waals surface area contributed by atoms with E-state index in [1.165, 1.54) is 18.2 Å². The van der Waals surface area contributed by atoms with E-state index in [1.807, 2.05) is 6.07 Å². The number of nitriles is 1. The lowest BCUT2D eigenvalue weighted by molar-refractivity contribution is 0.0525. The first-order chi connectivity index (χ1) is 7.69. The Balaban J connectivity index is 2.98. The Morgan fingerprint density at radius 1 is 1.56 bits per heavy atom. The number of aromatic hydroxyl groups is 1. The molecule has 0 saturated heterocycles. The van der Waals surface area contributed by atoms with E-state index in [0.717, 1.165) is 0 Å². The van der Waals surface area contributed by atoms with Crippen LogP contribution in [-0.2, 0) is 11.2 Å². The number of esters is 1. The van der Waals surface area contributed by atoms with Crippen LogP contribution in [0.5, 0.6) is 5.75 Å². The number of rotatable bonds is 4. The fourth-order valence-corrected chi connectivity index (χ4v) is 1.39. The zero-order chi connectivity index (χ0) is 12.0. The number of carbonyl (C=O) groups excluding carboxylic acids is 1. The highest BCUT2D eigenvalue weighted by Gasteiger charge is 2.12. The molecule has 1 aromatic rings. The number of phenols is 1. The molecule has 0 radical (unpaired) electrons. The third-order valence-corrected chi connectivity index (χ3v) is 2.09.